The Bertz CT molecular complexity index is 1320. The van der Waals surface area contributed by atoms with Gasteiger partial charge in [-0.1, -0.05) is 38.1 Å². The highest BCUT2D eigenvalue weighted by Gasteiger charge is 2.43. The van der Waals surface area contributed by atoms with Gasteiger partial charge in [-0.25, -0.2) is 4.98 Å². The monoisotopic (exact) mass is 567 g/mol. The number of rotatable bonds is 9. The SMILES string of the molecule is Cc1ncsc1-c1ccc(C(C)NC(=O)[C@@H]2C[C@@H](O)CN2C(=O)C(c2cc(OC3CCNC3)no2)C(C)C)cc1. The Balaban J connectivity index is 1.27. The van der Waals surface area contributed by atoms with Gasteiger partial charge in [-0.05, 0) is 49.0 Å². The van der Waals surface area contributed by atoms with Crippen LogP contribution in [0, 0.1) is 12.8 Å². The number of nitrogens with zero attached hydrogens (tertiary/aromatic N) is 3. The number of hydrogen-bond donors (Lipinski definition) is 3. The zero-order valence-electron chi connectivity index (χ0n) is 23.3. The Hall–Kier alpha value is -3.28. The molecule has 2 amide bonds. The lowest BCUT2D eigenvalue weighted by Crippen LogP contribution is -2.48. The summed E-state index contributed by atoms with van der Waals surface area (Å²) in [5, 5.41) is 20.8. The van der Waals surface area contributed by atoms with Crippen LogP contribution >= 0.6 is 11.3 Å². The number of ether oxygens (including phenoxy) is 1. The van der Waals surface area contributed by atoms with Gasteiger partial charge < -0.3 is 29.9 Å². The predicted molar refractivity (Wildman–Crippen MR) is 151 cm³/mol. The maximum absolute atomic E-state index is 13.8. The smallest absolute Gasteiger partial charge is 0.254 e. The molecule has 3 aromatic rings. The topological polar surface area (TPSA) is 130 Å². The molecule has 3 N–H and O–H groups in total. The number of benzene rings is 1. The van der Waals surface area contributed by atoms with E-state index in [0.29, 0.717) is 11.6 Å². The molecule has 0 bridgehead atoms. The van der Waals surface area contributed by atoms with Crippen molar-refractivity contribution in [2.45, 2.75) is 70.7 Å². The lowest BCUT2D eigenvalue weighted by atomic mass is 9.91. The minimum Gasteiger partial charge on any atom is -0.471 e. The second kappa shape index (κ2) is 12.1. The molecule has 4 heterocycles. The average molecular weight is 568 g/mol. The van der Waals surface area contributed by atoms with E-state index in [1.165, 1.54) is 4.90 Å². The van der Waals surface area contributed by atoms with Crippen LogP contribution in [-0.4, -0.2) is 69.8 Å². The highest BCUT2D eigenvalue weighted by Crippen LogP contribution is 2.33. The molecular formula is C29H37N5O5S. The van der Waals surface area contributed by atoms with Gasteiger partial charge in [-0.15, -0.1) is 11.3 Å². The van der Waals surface area contributed by atoms with Gasteiger partial charge in [0.25, 0.3) is 5.88 Å². The van der Waals surface area contributed by atoms with Gasteiger partial charge in [-0.2, -0.15) is 0 Å². The highest BCUT2D eigenvalue weighted by molar-refractivity contribution is 7.13. The first-order valence-corrected chi connectivity index (χ1v) is 14.7. The number of carbonyl (C=O) groups excluding carboxylic acids is 2. The van der Waals surface area contributed by atoms with E-state index in [2.05, 4.69) is 20.8 Å². The average Bonchev–Trinajstić information content (AvgIpc) is 3.73. The molecule has 214 valence electrons. The minimum atomic E-state index is -0.784. The molecule has 0 aliphatic carbocycles. The summed E-state index contributed by atoms with van der Waals surface area (Å²) in [7, 11) is 0. The van der Waals surface area contributed by atoms with E-state index < -0.39 is 18.1 Å². The molecule has 0 saturated carbocycles. The van der Waals surface area contributed by atoms with E-state index in [-0.39, 0.29) is 42.8 Å². The van der Waals surface area contributed by atoms with Crippen LogP contribution in [0.2, 0.25) is 0 Å². The summed E-state index contributed by atoms with van der Waals surface area (Å²) in [6, 6.07) is 8.64. The molecule has 1 aromatic carbocycles. The lowest BCUT2D eigenvalue weighted by molar-refractivity contribution is -0.141. The lowest BCUT2D eigenvalue weighted by Gasteiger charge is -2.29. The third-order valence-corrected chi connectivity index (χ3v) is 8.67. The summed E-state index contributed by atoms with van der Waals surface area (Å²) in [5.74, 6) is -0.601. The summed E-state index contributed by atoms with van der Waals surface area (Å²) >= 11 is 1.60. The molecule has 0 radical (unpaired) electrons. The number of likely N-dealkylation sites (tertiary alicyclic amines) is 1. The first kappa shape index (κ1) is 28.3. The number of β-amino-alcohol motifs (C(OH)–C–C–N with tert-alkyl or cyclic N) is 1. The van der Waals surface area contributed by atoms with Crippen LogP contribution in [0.25, 0.3) is 10.4 Å². The van der Waals surface area contributed by atoms with Crippen molar-refractivity contribution in [2.75, 3.05) is 19.6 Å². The van der Waals surface area contributed by atoms with Gasteiger partial charge in [0.05, 0.1) is 28.2 Å². The van der Waals surface area contributed by atoms with Gasteiger partial charge >= 0.3 is 0 Å². The molecule has 0 spiro atoms. The maximum Gasteiger partial charge on any atom is 0.254 e. The number of aryl methyl sites for hydroxylation is 1. The van der Waals surface area contributed by atoms with Gasteiger partial charge in [-0.3, -0.25) is 9.59 Å². The molecule has 2 fully saturated rings. The number of aliphatic hydroxyl groups is 1. The summed E-state index contributed by atoms with van der Waals surface area (Å²) in [6.07, 6.45) is 0.292. The molecule has 5 rings (SSSR count). The molecule has 5 atom stereocenters. The van der Waals surface area contributed by atoms with Gasteiger partial charge in [0.1, 0.15) is 18.1 Å². The number of amides is 2. The maximum atomic E-state index is 13.8. The van der Waals surface area contributed by atoms with E-state index >= 15 is 0 Å². The Morgan fingerprint density at radius 1 is 1.25 bits per heavy atom. The van der Waals surface area contributed by atoms with Crippen LogP contribution in [0.5, 0.6) is 5.88 Å². The summed E-state index contributed by atoms with van der Waals surface area (Å²) < 4.78 is 11.4. The number of hydrogen-bond acceptors (Lipinski definition) is 9. The standard InChI is InChI=1S/C29H37N5O5S/c1-16(2)26(24-12-25(33-39-24)38-22-9-10-30-13-22)29(37)34-14-21(35)11-23(34)28(36)32-17(3)19-5-7-20(8-6-19)27-18(4)31-15-40-27/h5-8,12,15-17,21-23,26,30,35H,9-11,13-14H2,1-4H3,(H,32,36)/t17?,21-,22?,23+,26?/m1/s1. The van der Waals surface area contributed by atoms with Crippen molar-refractivity contribution in [3.63, 3.8) is 0 Å². The highest BCUT2D eigenvalue weighted by atomic mass is 32.1. The normalized spacial score (nSPS) is 22.4. The Labute approximate surface area is 238 Å². The number of nitrogens with one attached hydrogen (secondary N) is 2. The Kier molecular flexibility index (Phi) is 8.53. The van der Waals surface area contributed by atoms with E-state index in [9.17, 15) is 14.7 Å². The van der Waals surface area contributed by atoms with Crippen molar-refractivity contribution >= 4 is 23.2 Å². The summed E-state index contributed by atoms with van der Waals surface area (Å²) in [6.45, 7) is 9.46. The fourth-order valence-electron chi connectivity index (χ4n) is 5.49. The van der Waals surface area contributed by atoms with Crippen molar-refractivity contribution in [1.29, 1.82) is 0 Å². The summed E-state index contributed by atoms with van der Waals surface area (Å²) in [4.78, 5) is 34.2. The Morgan fingerprint density at radius 2 is 2.02 bits per heavy atom. The van der Waals surface area contributed by atoms with Crippen LogP contribution in [0.15, 0.2) is 40.4 Å². The molecular weight excluding hydrogens is 530 g/mol. The third kappa shape index (κ3) is 6.06. The van der Waals surface area contributed by atoms with Gasteiger partial charge in [0.15, 0.2) is 5.76 Å². The zero-order valence-corrected chi connectivity index (χ0v) is 24.1. The predicted octanol–water partition coefficient (Wildman–Crippen LogP) is 3.43. The number of carbonyl (C=O) groups is 2. The second-order valence-electron chi connectivity index (χ2n) is 11.0. The molecule has 2 aromatic heterocycles. The van der Waals surface area contributed by atoms with E-state index in [0.717, 1.165) is 41.2 Å². The van der Waals surface area contributed by atoms with Crippen molar-refractivity contribution in [1.82, 2.24) is 25.7 Å². The molecule has 2 aliphatic heterocycles. The van der Waals surface area contributed by atoms with Gasteiger partial charge in [0.2, 0.25) is 11.8 Å². The minimum absolute atomic E-state index is 0.0166. The van der Waals surface area contributed by atoms with E-state index in [1.807, 2.05) is 57.5 Å². The quantitative estimate of drug-likeness (QED) is 0.359. The Morgan fingerprint density at radius 3 is 2.67 bits per heavy atom. The fraction of sp³-hybridized carbons (Fsp3) is 0.517. The molecule has 2 saturated heterocycles. The number of aliphatic hydroxyl groups excluding tert-OH is 1. The largest absolute Gasteiger partial charge is 0.471 e. The van der Waals surface area contributed by atoms with Crippen LogP contribution < -0.4 is 15.4 Å². The third-order valence-electron chi connectivity index (χ3n) is 7.69. The van der Waals surface area contributed by atoms with Crippen molar-refractivity contribution < 1.29 is 24.0 Å². The summed E-state index contributed by atoms with van der Waals surface area (Å²) in [5.41, 5.74) is 4.85. The van der Waals surface area contributed by atoms with Crippen molar-refractivity contribution in [2.24, 2.45) is 5.92 Å². The molecule has 11 heteroatoms. The van der Waals surface area contributed by atoms with E-state index in [4.69, 9.17) is 9.26 Å². The zero-order chi connectivity index (χ0) is 28.4. The number of aromatic nitrogens is 2. The van der Waals surface area contributed by atoms with Crippen molar-refractivity contribution in [3.05, 3.63) is 52.9 Å². The van der Waals surface area contributed by atoms with Crippen molar-refractivity contribution in [3.8, 4) is 16.3 Å². The van der Waals surface area contributed by atoms with Gasteiger partial charge in [0, 0.05) is 25.6 Å². The first-order chi connectivity index (χ1) is 19.2. The first-order valence-electron chi connectivity index (χ1n) is 13.8. The van der Waals surface area contributed by atoms with Crippen LogP contribution in [0.4, 0.5) is 0 Å². The van der Waals surface area contributed by atoms with Crippen LogP contribution in [0.3, 0.4) is 0 Å². The van der Waals surface area contributed by atoms with Crippen LogP contribution in [0.1, 0.15) is 62.6 Å². The molecule has 40 heavy (non-hydrogen) atoms. The molecule has 2 aliphatic rings. The second-order valence-corrected chi connectivity index (χ2v) is 11.9. The fourth-order valence-corrected chi connectivity index (χ4v) is 6.30. The number of thiazole rings is 1. The molecule has 10 nitrogen and oxygen atoms in total. The van der Waals surface area contributed by atoms with Crippen LogP contribution in [-0.2, 0) is 9.59 Å². The van der Waals surface area contributed by atoms with E-state index in [1.54, 1.807) is 17.4 Å². The molecule has 3 unspecified atom stereocenters.